The molecule has 1 N–H and O–H groups in total. The number of piperidine rings is 1. The predicted octanol–water partition coefficient (Wildman–Crippen LogP) is 2.59. The third-order valence-electron chi connectivity index (χ3n) is 3.61. The van der Waals surface area contributed by atoms with Gasteiger partial charge in [-0.3, -0.25) is 9.59 Å². The van der Waals surface area contributed by atoms with E-state index in [-0.39, 0.29) is 29.0 Å². The Morgan fingerprint density at radius 3 is 3.00 bits per heavy atom. The molecule has 0 radical (unpaired) electrons. The second-order valence-electron chi connectivity index (χ2n) is 5.18. The molecule has 1 atom stereocenters. The van der Waals surface area contributed by atoms with Gasteiger partial charge in [-0.15, -0.1) is 0 Å². The summed E-state index contributed by atoms with van der Waals surface area (Å²) in [5, 5.41) is 8.70. The van der Waals surface area contributed by atoms with Crippen LogP contribution < -0.4 is 0 Å². The molecule has 2 heterocycles. The summed E-state index contributed by atoms with van der Waals surface area (Å²) in [6, 6.07) is 1.08. The second-order valence-corrected chi connectivity index (χ2v) is 5.54. The molecule has 114 valence electrons. The van der Waals surface area contributed by atoms with Crippen molar-refractivity contribution in [2.45, 2.75) is 25.7 Å². The number of hydrogen-bond acceptors (Lipinski definition) is 3. The number of carboxylic acids is 1. The molecule has 1 unspecified atom stereocenters. The van der Waals surface area contributed by atoms with E-state index < -0.39 is 11.8 Å². The molecule has 0 spiro atoms. The summed E-state index contributed by atoms with van der Waals surface area (Å²) < 4.78 is 13.2. The number of nitrogens with zero attached hydrogens (tertiary/aromatic N) is 2. The van der Waals surface area contributed by atoms with Crippen LogP contribution >= 0.6 is 11.6 Å². The van der Waals surface area contributed by atoms with Gasteiger partial charge in [0.05, 0.1) is 11.8 Å². The molecule has 0 aromatic carbocycles. The first-order valence-electron chi connectivity index (χ1n) is 6.79. The van der Waals surface area contributed by atoms with Crippen molar-refractivity contribution in [1.29, 1.82) is 0 Å². The molecular formula is C14H16ClFN2O3. The lowest BCUT2D eigenvalue weighted by atomic mass is 9.93. The van der Waals surface area contributed by atoms with Gasteiger partial charge in [0, 0.05) is 19.5 Å². The molecule has 1 aliphatic heterocycles. The van der Waals surface area contributed by atoms with E-state index in [1.165, 1.54) is 0 Å². The van der Waals surface area contributed by atoms with Crippen LogP contribution in [-0.4, -0.2) is 40.0 Å². The number of carbonyl (C=O) groups excluding carboxylic acids is 1. The van der Waals surface area contributed by atoms with Crippen molar-refractivity contribution in [3.05, 3.63) is 28.8 Å². The maximum Gasteiger partial charge on any atom is 0.303 e. The monoisotopic (exact) mass is 314 g/mol. The Balaban J connectivity index is 2.05. The highest BCUT2D eigenvalue weighted by molar-refractivity contribution is 6.32. The number of carbonyl (C=O) groups is 2. The van der Waals surface area contributed by atoms with Crippen molar-refractivity contribution < 1.29 is 19.1 Å². The summed E-state index contributed by atoms with van der Waals surface area (Å²) in [7, 11) is 0. The number of aromatic nitrogens is 1. The first-order valence-corrected chi connectivity index (χ1v) is 7.17. The molecule has 1 aliphatic rings. The van der Waals surface area contributed by atoms with Crippen LogP contribution in [0.2, 0.25) is 5.15 Å². The molecule has 7 heteroatoms. The number of carboxylic acid groups (broad SMARTS) is 1. The zero-order chi connectivity index (χ0) is 15.4. The van der Waals surface area contributed by atoms with E-state index in [4.69, 9.17) is 16.7 Å². The fourth-order valence-electron chi connectivity index (χ4n) is 2.56. The minimum atomic E-state index is -0.837. The van der Waals surface area contributed by atoms with Gasteiger partial charge in [-0.25, -0.2) is 9.37 Å². The van der Waals surface area contributed by atoms with Gasteiger partial charge in [-0.2, -0.15) is 0 Å². The van der Waals surface area contributed by atoms with E-state index in [9.17, 15) is 14.0 Å². The van der Waals surface area contributed by atoms with Gasteiger partial charge in [-0.05, 0) is 31.2 Å². The quantitative estimate of drug-likeness (QED) is 0.867. The smallest absolute Gasteiger partial charge is 0.303 e. The van der Waals surface area contributed by atoms with Gasteiger partial charge < -0.3 is 10.0 Å². The van der Waals surface area contributed by atoms with Crippen molar-refractivity contribution in [3.63, 3.8) is 0 Å². The summed E-state index contributed by atoms with van der Waals surface area (Å²) in [6.07, 6.45) is 3.29. The Labute approximate surface area is 126 Å². The first kappa shape index (κ1) is 15.7. The number of rotatable bonds is 4. The lowest BCUT2D eigenvalue weighted by Crippen LogP contribution is -2.40. The van der Waals surface area contributed by atoms with E-state index in [1.54, 1.807) is 4.90 Å². The number of amides is 1. The van der Waals surface area contributed by atoms with Crippen LogP contribution in [0.4, 0.5) is 4.39 Å². The summed E-state index contributed by atoms with van der Waals surface area (Å²) in [5.74, 6) is -1.65. The number of pyridine rings is 1. The van der Waals surface area contributed by atoms with E-state index in [0.29, 0.717) is 19.5 Å². The van der Waals surface area contributed by atoms with Gasteiger partial charge in [0.15, 0.2) is 0 Å². The Kier molecular flexibility index (Phi) is 5.12. The Bertz CT molecular complexity index is 553. The lowest BCUT2D eigenvalue weighted by Gasteiger charge is -2.32. The van der Waals surface area contributed by atoms with Gasteiger partial charge >= 0.3 is 5.97 Å². The van der Waals surface area contributed by atoms with Gasteiger partial charge in [0.25, 0.3) is 5.91 Å². The van der Waals surface area contributed by atoms with E-state index in [1.807, 2.05) is 0 Å². The van der Waals surface area contributed by atoms with E-state index in [0.717, 1.165) is 25.1 Å². The third-order valence-corrected chi connectivity index (χ3v) is 3.91. The Morgan fingerprint density at radius 2 is 2.29 bits per heavy atom. The van der Waals surface area contributed by atoms with Crippen molar-refractivity contribution in [3.8, 4) is 0 Å². The van der Waals surface area contributed by atoms with Crippen molar-refractivity contribution in [2.75, 3.05) is 13.1 Å². The highest BCUT2D eigenvalue weighted by Gasteiger charge is 2.26. The van der Waals surface area contributed by atoms with Crippen LogP contribution in [0.5, 0.6) is 0 Å². The molecule has 1 amide bonds. The standard InChI is InChI=1S/C14H16ClFN2O3/c15-13-11(6-10(16)7-17-13)14(21)18-5-1-2-9(8-18)3-4-12(19)20/h6-7,9H,1-5,8H2,(H,19,20). The molecule has 1 saturated heterocycles. The Morgan fingerprint density at radius 1 is 1.52 bits per heavy atom. The lowest BCUT2D eigenvalue weighted by molar-refractivity contribution is -0.137. The molecule has 5 nitrogen and oxygen atoms in total. The third kappa shape index (κ3) is 4.14. The zero-order valence-electron chi connectivity index (χ0n) is 11.4. The summed E-state index contributed by atoms with van der Waals surface area (Å²) in [6.45, 7) is 1.04. The molecule has 0 aliphatic carbocycles. The maximum absolute atomic E-state index is 13.2. The number of halogens is 2. The Hall–Kier alpha value is -1.69. The molecule has 21 heavy (non-hydrogen) atoms. The van der Waals surface area contributed by atoms with Gasteiger partial charge in [-0.1, -0.05) is 11.6 Å². The molecular weight excluding hydrogens is 299 g/mol. The average molecular weight is 315 g/mol. The number of aliphatic carboxylic acids is 1. The van der Waals surface area contributed by atoms with Gasteiger partial charge in [0.1, 0.15) is 11.0 Å². The SMILES string of the molecule is O=C(O)CCC1CCCN(C(=O)c2cc(F)cnc2Cl)C1. The topological polar surface area (TPSA) is 70.5 Å². The van der Waals surface area contributed by atoms with Crippen molar-refractivity contribution >= 4 is 23.5 Å². The van der Waals surface area contributed by atoms with Crippen LogP contribution in [0.1, 0.15) is 36.0 Å². The summed E-state index contributed by atoms with van der Waals surface area (Å²) in [4.78, 5) is 28.2. The number of likely N-dealkylation sites (tertiary alicyclic amines) is 1. The minimum absolute atomic E-state index is 0.0194. The fourth-order valence-corrected chi connectivity index (χ4v) is 2.74. The summed E-state index contributed by atoms with van der Waals surface area (Å²) >= 11 is 5.85. The average Bonchev–Trinajstić information content (AvgIpc) is 2.47. The van der Waals surface area contributed by atoms with Crippen LogP contribution in [-0.2, 0) is 4.79 Å². The van der Waals surface area contributed by atoms with Crippen molar-refractivity contribution in [2.24, 2.45) is 5.92 Å². The summed E-state index contributed by atoms with van der Waals surface area (Å²) in [5.41, 5.74) is 0.0514. The minimum Gasteiger partial charge on any atom is -0.481 e. The van der Waals surface area contributed by atoms with Gasteiger partial charge in [0.2, 0.25) is 0 Å². The fraction of sp³-hybridized carbons (Fsp3) is 0.500. The van der Waals surface area contributed by atoms with Crippen LogP contribution in [0.3, 0.4) is 0 Å². The molecule has 0 bridgehead atoms. The molecule has 2 rings (SSSR count). The van der Waals surface area contributed by atoms with E-state index >= 15 is 0 Å². The highest BCUT2D eigenvalue weighted by atomic mass is 35.5. The zero-order valence-corrected chi connectivity index (χ0v) is 12.1. The molecule has 1 aromatic heterocycles. The van der Waals surface area contributed by atoms with Crippen LogP contribution in [0.15, 0.2) is 12.3 Å². The van der Waals surface area contributed by atoms with Crippen LogP contribution in [0, 0.1) is 11.7 Å². The maximum atomic E-state index is 13.2. The van der Waals surface area contributed by atoms with Crippen molar-refractivity contribution in [1.82, 2.24) is 9.88 Å². The molecule has 0 saturated carbocycles. The van der Waals surface area contributed by atoms with Crippen LogP contribution in [0.25, 0.3) is 0 Å². The van der Waals surface area contributed by atoms with E-state index in [2.05, 4.69) is 4.98 Å². The largest absolute Gasteiger partial charge is 0.481 e. The molecule has 1 fully saturated rings. The highest BCUT2D eigenvalue weighted by Crippen LogP contribution is 2.24. The second kappa shape index (κ2) is 6.85. The first-order chi connectivity index (χ1) is 9.97. The normalized spacial score (nSPS) is 18.6. The predicted molar refractivity (Wildman–Crippen MR) is 74.7 cm³/mol. The molecule has 1 aromatic rings. The number of hydrogen-bond donors (Lipinski definition) is 1.